The van der Waals surface area contributed by atoms with E-state index in [4.69, 9.17) is 16.3 Å². The van der Waals surface area contributed by atoms with Crippen LogP contribution in [-0.2, 0) is 6.54 Å². The lowest BCUT2D eigenvalue weighted by Crippen LogP contribution is -2.34. The molecule has 0 aliphatic carbocycles. The van der Waals surface area contributed by atoms with Gasteiger partial charge in [0.15, 0.2) is 0 Å². The lowest BCUT2D eigenvalue weighted by molar-refractivity contribution is 0.0694. The highest BCUT2D eigenvalue weighted by atomic mass is 35.5. The van der Waals surface area contributed by atoms with E-state index in [0.29, 0.717) is 39.9 Å². The molecule has 1 aliphatic rings. The molecule has 1 aliphatic heterocycles. The Kier molecular flexibility index (Phi) is 5.79. The zero-order valence-corrected chi connectivity index (χ0v) is 17.5. The fourth-order valence-corrected chi connectivity index (χ4v) is 4.15. The van der Waals surface area contributed by atoms with Gasteiger partial charge in [-0.3, -0.25) is 9.36 Å². The Labute approximate surface area is 182 Å². The van der Waals surface area contributed by atoms with Crippen molar-refractivity contribution in [3.63, 3.8) is 0 Å². The molecular formula is C21H21ClN4O5. The molecular weight excluding hydrogens is 424 g/mol. The molecule has 0 bridgehead atoms. The van der Waals surface area contributed by atoms with Crippen LogP contribution in [0.3, 0.4) is 0 Å². The maximum Gasteiger partial charge on any atom is 0.341 e. The van der Waals surface area contributed by atoms with Crippen molar-refractivity contribution in [3.05, 3.63) is 57.0 Å². The van der Waals surface area contributed by atoms with Crippen LogP contribution in [0.1, 0.15) is 28.8 Å². The number of benzene rings is 1. The summed E-state index contributed by atoms with van der Waals surface area (Å²) < 4.78 is 6.47. The average Bonchev–Trinajstić information content (AvgIpc) is 3.24. The van der Waals surface area contributed by atoms with E-state index in [1.165, 1.54) is 23.9 Å². The summed E-state index contributed by atoms with van der Waals surface area (Å²) >= 11 is 6.22. The van der Waals surface area contributed by atoms with E-state index >= 15 is 0 Å². The monoisotopic (exact) mass is 444 g/mol. The predicted octanol–water partition coefficient (Wildman–Crippen LogP) is 2.16. The summed E-state index contributed by atoms with van der Waals surface area (Å²) in [5, 5.41) is 19.9. The van der Waals surface area contributed by atoms with E-state index in [2.05, 4.69) is 9.97 Å². The molecule has 1 fully saturated rings. The molecule has 0 saturated carbocycles. The van der Waals surface area contributed by atoms with Crippen LogP contribution in [0.5, 0.6) is 5.75 Å². The molecule has 3 heterocycles. The summed E-state index contributed by atoms with van der Waals surface area (Å²) in [7, 11) is 1.51. The van der Waals surface area contributed by atoms with Crippen LogP contribution in [-0.4, -0.2) is 57.0 Å². The number of carbonyl (C=O) groups is 1. The molecule has 1 saturated heterocycles. The number of rotatable bonds is 6. The van der Waals surface area contributed by atoms with Crippen LogP contribution in [0.25, 0.3) is 11.0 Å². The van der Waals surface area contributed by atoms with Crippen LogP contribution < -0.4 is 15.2 Å². The van der Waals surface area contributed by atoms with Crippen molar-refractivity contribution in [1.29, 1.82) is 0 Å². The third-order valence-electron chi connectivity index (χ3n) is 5.45. The number of anilines is 1. The Morgan fingerprint density at radius 2 is 2.16 bits per heavy atom. The molecule has 31 heavy (non-hydrogen) atoms. The largest absolute Gasteiger partial charge is 0.495 e. The predicted molar refractivity (Wildman–Crippen MR) is 115 cm³/mol. The van der Waals surface area contributed by atoms with E-state index in [1.54, 1.807) is 18.2 Å². The van der Waals surface area contributed by atoms with Crippen LogP contribution >= 0.6 is 11.6 Å². The van der Waals surface area contributed by atoms with Gasteiger partial charge in [0, 0.05) is 18.1 Å². The van der Waals surface area contributed by atoms with E-state index < -0.39 is 11.5 Å². The number of nitrogens with zero attached hydrogens (tertiary/aromatic N) is 4. The van der Waals surface area contributed by atoms with E-state index in [-0.39, 0.29) is 24.8 Å². The number of methoxy groups -OCH3 is 1. The number of fused-ring (bicyclic) bond motifs is 1. The van der Waals surface area contributed by atoms with Gasteiger partial charge in [-0.2, -0.15) is 4.98 Å². The fourth-order valence-electron chi connectivity index (χ4n) is 3.87. The van der Waals surface area contributed by atoms with E-state index in [9.17, 15) is 19.8 Å². The highest BCUT2D eigenvalue weighted by molar-refractivity contribution is 6.32. The number of carboxylic acids is 1. The number of hydrogen-bond acceptors (Lipinski definition) is 7. The first-order chi connectivity index (χ1) is 14.9. The molecule has 9 nitrogen and oxygen atoms in total. The molecule has 4 rings (SSSR count). The van der Waals surface area contributed by atoms with E-state index in [1.807, 2.05) is 4.90 Å². The number of pyridine rings is 1. The third kappa shape index (κ3) is 3.94. The number of carboxylic acid groups (broad SMARTS) is 1. The minimum absolute atomic E-state index is 0.0174. The summed E-state index contributed by atoms with van der Waals surface area (Å²) in [6.07, 6.45) is 3.24. The van der Waals surface area contributed by atoms with Crippen molar-refractivity contribution >= 4 is 34.6 Å². The number of aliphatic hydroxyl groups is 1. The number of ether oxygens (including phenoxy) is 1. The first-order valence-corrected chi connectivity index (χ1v) is 10.1. The number of aromatic carboxylic acids is 1. The topological polar surface area (TPSA) is 118 Å². The zero-order valence-electron chi connectivity index (χ0n) is 16.8. The van der Waals surface area contributed by atoms with Crippen molar-refractivity contribution in [2.24, 2.45) is 0 Å². The standard InChI is InChI=1S/C21H21ClN4O5/c1-31-17-5-4-12(7-16(17)22)10-26-18-13(8-15(19(26)28)20(29)30)9-23-21(24-18)25-6-2-3-14(25)11-27/h4-5,7-9,14,27H,2-3,6,10-11H2,1H3,(H,29,30)/t14-/m0/s1. The highest BCUT2D eigenvalue weighted by Gasteiger charge is 2.27. The molecule has 0 unspecified atom stereocenters. The van der Waals surface area contributed by atoms with Gasteiger partial charge in [0.1, 0.15) is 17.0 Å². The SMILES string of the molecule is COc1ccc(Cn2c(=O)c(C(=O)O)cc3cnc(N4CCC[C@H]4CO)nc32)cc1Cl. The maximum atomic E-state index is 13.0. The van der Waals surface area contributed by atoms with Crippen molar-refractivity contribution in [1.82, 2.24) is 14.5 Å². The molecule has 10 heteroatoms. The number of hydrogen-bond donors (Lipinski definition) is 2. The van der Waals surface area contributed by atoms with Crippen LogP contribution in [0.15, 0.2) is 35.3 Å². The molecule has 3 aromatic rings. The third-order valence-corrected chi connectivity index (χ3v) is 5.74. The first kappa shape index (κ1) is 21.1. The van der Waals surface area contributed by atoms with Gasteiger partial charge < -0.3 is 19.8 Å². The van der Waals surface area contributed by atoms with Crippen LogP contribution in [0.4, 0.5) is 5.95 Å². The summed E-state index contributed by atoms with van der Waals surface area (Å²) in [5.74, 6) is -0.430. The molecule has 0 spiro atoms. The smallest absolute Gasteiger partial charge is 0.341 e. The first-order valence-electron chi connectivity index (χ1n) is 9.76. The number of aliphatic hydroxyl groups excluding tert-OH is 1. The Morgan fingerprint density at radius 1 is 1.35 bits per heavy atom. The Bertz CT molecular complexity index is 1210. The average molecular weight is 445 g/mol. The molecule has 2 N–H and O–H groups in total. The Morgan fingerprint density at radius 3 is 2.84 bits per heavy atom. The minimum atomic E-state index is -1.32. The normalized spacial score (nSPS) is 16.1. The second-order valence-corrected chi connectivity index (χ2v) is 7.75. The lowest BCUT2D eigenvalue weighted by atomic mass is 10.1. The molecule has 0 amide bonds. The molecule has 1 atom stereocenters. The van der Waals surface area contributed by atoms with Gasteiger partial charge in [-0.25, -0.2) is 9.78 Å². The fraction of sp³-hybridized carbons (Fsp3) is 0.333. The minimum Gasteiger partial charge on any atom is -0.495 e. The van der Waals surface area contributed by atoms with Gasteiger partial charge in [-0.1, -0.05) is 17.7 Å². The molecule has 162 valence electrons. The Balaban J connectivity index is 1.86. The van der Waals surface area contributed by atoms with Crippen molar-refractivity contribution in [2.75, 3.05) is 25.2 Å². The van der Waals surface area contributed by atoms with Gasteiger partial charge in [-0.05, 0) is 36.6 Å². The van der Waals surface area contributed by atoms with Crippen molar-refractivity contribution < 1.29 is 19.7 Å². The van der Waals surface area contributed by atoms with Crippen LogP contribution in [0, 0.1) is 0 Å². The number of halogens is 1. The van der Waals surface area contributed by atoms with Gasteiger partial charge in [-0.15, -0.1) is 0 Å². The second kappa shape index (κ2) is 8.52. The molecule has 1 aromatic carbocycles. The highest BCUT2D eigenvalue weighted by Crippen LogP contribution is 2.27. The zero-order chi connectivity index (χ0) is 22.1. The summed E-state index contributed by atoms with van der Waals surface area (Å²) in [4.78, 5) is 35.5. The summed E-state index contributed by atoms with van der Waals surface area (Å²) in [6.45, 7) is 0.749. The summed E-state index contributed by atoms with van der Waals surface area (Å²) in [5.41, 5.74) is -0.0311. The maximum absolute atomic E-state index is 13.0. The van der Waals surface area contributed by atoms with Gasteiger partial charge in [0.2, 0.25) is 5.95 Å². The quantitative estimate of drug-likeness (QED) is 0.593. The summed E-state index contributed by atoms with van der Waals surface area (Å²) in [6, 6.07) is 6.30. The van der Waals surface area contributed by atoms with E-state index in [0.717, 1.165) is 12.8 Å². The Hall–Kier alpha value is -3.17. The number of aromatic nitrogens is 3. The molecule has 0 radical (unpaired) electrons. The van der Waals surface area contributed by atoms with Gasteiger partial charge >= 0.3 is 5.97 Å². The van der Waals surface area contributed by atoms with Gasteiger partial charge in [0.25, 0.3) is 5.56 Å². The second-order valence-electron chi connectivity index (χ2n) is 7.34. The van der Waals surface area contributed by atoms with Gasteiger partial charge in [0.05, 0.1) is 31.3 Å². The van der Waals surface area contributed by atoms with Crippen molar-refractivity contribution in [3.8, 4) is 5.75 Å². The van der Waals surface area contributed by atoms with Crippen molar-refractivity contribution in [2.45, 2.75) is 25.4 Å². The lowest BCUT2D eigenvalue weighted by Gasteiger charge is -2.23. The molecule has 2 aromatic heterocycles. The van der Waals surface area contributed by atoms with Crippen LogP contribution in [0.2, 0.25) is 5.02 Å².